The van der Waals surface area contributed by atoms with Crippen LogP contribution in [-0.2, 0) is 0 Å². The van der Waals surface area contributed by atoms with Crippen LogP contribution in [0.25, 0.3) is 0 Å². The van der Waals surface area contributed by atoms with E-state index in [9.17, 15) is 14.9 Å². The fourth-order valence-electron chi connectivity index (χ4n) is 2.45. The number of nitrogens with zero attached hydrogens (tertiary/aromatic N) is 2. The van der Waals surface area contributed by atoms with E-state index in [-0.39, 0.29) is 5.71 Å². The molecule has 6 nitrogen and oxygen atoms in total. The second-order valence-electron chi connectivity index (χ2n) is 4.79. The molecule has 0 fully saturated rings. The van der Waals surface area contributed by atoms with Crippen molar-refractivity contribution in [1.29, 1.82) is 0 Å². The number of methoxy groups -OCH3 is 1. The molecular formula is C16H12N2O4. The SMILES string of the molecule is COc1ccc(N=C2c3ccccc3C(=O)[C@H]2[N+](=O)[O-])cc1. The number of nitro groups is 1. The predicted octanol–water partition coefficient (Wildman–Crippen LogP) is 2.66. The molecule has 3 rings (SSSR count). The number of carbonyl (C=O) groups excluding carboxylic acids is 1. The summed E-state index contributed by atoms with van der Waals surface area (Å²) >= 11 is 0. The Hall–Kier alpha value is -3.02. The molecule has 6 heteroatoms. The molecule has 0 heterocycles. The number of Topliss-reactive ketones (excluding diaryl/α,β-unsaturated/α-hetero) is 1. The van der Waals surface area contributed by atoms with Crippen molar-refractivity contribution >= 4 is 17.2 Å². The molecule has 1 aliphatic carbocycles. The Bertz CT molecular complexity index is 781. The minimum absolute atomic E-state index is 0.177. The smallest absolute Gasteiger partial charge is 0.316 e. The molecule has 110 valence electrons. The number of fused-ring (bicyclic) bond motifs is 1. The van der Waals surface area contributed by atoms with Gasteiger partial charge in [0.15, 0.2) is 0 Å². The van der Waals surface area contributed by atoms with E-state index in [4.69, 9.17) is 4.74 Å². The van der Waals surface area contributed by atoms with Crippen molar-refractivity contribution in [2.75, 3.05) is 7.11 Å². The van der Waals surface area contributed by atoms with E-state index in [0.717, 1.165) is 0 Å². The number of ether oxygens (including phenoxy) is 1. The molecule has 0 saturated carbocycles. The topological polar surface area (TPSA) is 81.8 Å². The molecule has 0 amide bonds. The number of rotatable bonds is 3. The number of ketones is 1. The van der Waals surface area contributed by atoms with E-state index in [0.29, 0.717) is 22.6 Å². The van der Waals surface area contributed by atoms with Crippen molar-refractivity contribution < 1.29 is 14.5 Å². The Labute approximate surface area is 126 Å². The summed E-state index contributed by atoms with van der Waals surface area (Å²) in [6, 6.07) is 12.0. The largest absolute Gasteiger partial charge is 0.497 e. The van der Waals surface area contributed by atoms with Gasteiger partial charge in [0.25, 0.3) is 0 Å². The Morgan fingerprint density at radius 1 is 1.09 bits per heavy atom. The summed E-state index contributed by atoms with van der Waals surface area (Å²) in [6.07, 6.45) is 0. The van der Waals surface area contributed by atoms with Crippen LogP contribution in [-0.4, -0.2) is 29.6 Å². The van der Waals surface area contributed by atoms with Crippen molar-refractivity contribution in [3.8, 4) is 5.75 Å². The van der Waals surface area contributed by atoms with Gasteiger partial charge < -0.3 is 4.74 Å². The van der Waals surface area contributed by atoms with E-state index in [1.807, 2.05) is 0 Å². The highest BCUT2D eigenvalue weighted by atomic mass is 16.6. The summed E-state index contributed by atoms with van der Waals surface area (Å²) in [5, 5.41) is 11.3. The van der Waals surface area contributed by atoms with Gasteiger partial charge in [0.1, 0.15) is 11.5 Å². The molecule has 0 bridgehead atoms. The summed E-state index contributed by atoms with van der Waals surface area (Å²) in [5.74, 6) is 0.144. The Morgan fingerprint density at radius 2 is 1.73 bits per heavy atom. The number of carbonyl (C=O) groups is 1. The minimum atomic E-state index is -1.44. The zero-order valence-electron chi connectivity index (χ0n) is 11.7. The summed E-state index contributed by atoms with van der Waals surface area (Å²) in [5.41, 5.74) is 1.57. The lowest BCUT2D eigenvalue weighted by atomic mass is 10.1. The van der Waals surface area contributed by atoms with Crippen LogP contribution >= 0.6 is 0 Å². The molecule has 1 atom stereocenters. The average molecular weight is 296 g/mol. The van der Waals surface area contributed by atoms with Crippen LogP contribution in [0, 0.1) is 10.1 Å². The lowest BCUT2D eigenvalue weighted by Gasteiger charge is -2.04. The maximum Gasteiger partial charge on any atom is 0.316 e. The van der Waals surface area contributed by atoms with Crippen LogP contribution in [0.15, 0.2) is 53.5 Å². The van der Waals surface area contributed by atoms with E-state index in [2.05, 4.69) is 4.99 Å². The molecule has 2 aromatic rings. The van der Waals surface area contributed by atoms with Crippen LogP contribution in [0.2, 0.25) is 0 Å². The van der Waals surface area contributed by atoms with Gasteiger partial charge in [0, 0.05) is 16.1 Å². The number of aliphatic imine (C=N–C) groups is 1. The van der Waals surface area contributed by atoms with Gasteiger partial charge in [-0.1, -0.05) is 24.3 Å². The molecule has 0 radical (unpaired) electrons. The van der Waals surface area contributed by atoms with Gasteiger partial charge in [-0.3, -0.25) is 14.9 Å². The maximum atomic E-state index is 12.2. The van der Waals surface area contributed by atoms with Gasteiger partial charge in [0.05, 0.1) is 12.8 Å². The zero-order chi connectivity index (χ0) is 15.7. The van der Waals surface area contributed by atoms with E-state index in [1.54, 1.807) is 55.6 Å². The summed E-state index contributed by atoms with van der Waals surface area (Å²) in [4.78, 5) is 27.2. The van der Waals surface area contributed by atoms with E-state index < -0.39 is 16.7 Å². The van der Waals surface area contributed by atoms with Gasteiger partial charge in [-0.2, -0.15) is 0 Å². The molecule has 0 aliphatic heterocycles. The third-order valence-corrected chi connectivity index (χ3v) is 3.51. The van der Waals surface area contributed by atoms with Crippen molar-refractivity contribution in [1.82, 2.24) is 0 Å². The molecule has 22 heavy (non-hydrogen) atoms. The lowest BCUT2D eigenvalue weighted by Crippen LogP contribution is -2.31. The second-order valence-corrected chi connectivity index (χ2v) is 4.79. The first-order valence-corrected chi connectivity index (χ1v) is 6.61. The molecular weight excluding hydrogens is 284 g/mol. The first kappa shape index (κ1) is 13.9. The molecule has 0 spiro atoms. The van der Waals surface area contributed by atoms with Gasteiger partial charge in [-0.25, -0.2) is 4.99 Å². The van der Waals surface area contributed by atoms with Crippen molar-refractivity contribution in [3.63, 3.8) is 0 Å². The van der Waals surface area contributed by atoms with Crippen LogP contribution in [0.1, 0.15) is 15.9 Å². The van der Waals surface area contributed by atoms with Gasteiger partial charge in [0.2, 0.25) is 5.78 Å². The van der Waals surface area contributed by atoms with E-state index in [1.165, 1.54) is 0 Å². The Balaban J connectivity index is 2.11. The second kappa shape index (κ2) is 5.40. The van der Waals surface area contributed by atoms with Crippen molar-refractivity contribution in [3.05, 3.63) is 69.8 Å². The quantitative estimate of drug-likeness (QED) is 0.644. The zero-order valence-corrected chi connectivity index (χ0v) is 11.7. The molecule has 0 N–H and O–H groups in total. The van der Waals surface area contributed by atoms with Crippen LogP contribution in [0.4, 0.5) is 5.69 Å². The molecule has 0 saturated heterocycles. The third kappa shape index (κ3) is 2.24. The number of benzene rings is 2. The van der Waals surface area contributed by atoms with Gasteiger partial charge in [-0.15, -0.1) is 0 Å². The van der Waals surface area contributed by atoms with Crippen molar-refractivity contribution in [2.45, 2.75) is 6.04 Å². The summed E-state index contributed by atoms with van der Waals surface area (Å²) in [6.45, 7) is 0. The summed E-state index contributed by atoms with van der Waals surface area (Å²) in [7, 11) is 1.55. The van der Waals surface area contributed by atoms with Gasteiger partial charge >= 0.3 is 6.04 Å². The third-order valence-electron chi connectivity index (χ3n) is 3.51. The molecule has 0 unspecified atom stereocenters. The van der Waals surface area contributed by atoms with Crippen LogP contribution in [0.5, 0.6) is 5.75 Å². The highest BCUT2D eigenvalue weighted by Gasteiger charge is 2.45. The fourth-order valence-corrected chi connectivity index (χ4v) is 2.45. The number of hydrogen-bond acceptors (Lipinski definition) is 5. The first-order valence-electron chi connectivity index (χ1n) is 6.61. The van der Waals surface area contributed by atoms with E-state index >= 15 is 0 Å². The normalized spacial score (nSPS) is 18.3. The first-order chi connectivity index (χ1) is 10.6. The molecule has 2 aromatic carbocycles. The minimum Gasteiger partial charge on any atom is -0.497 e. The van der Waals surface area contributed by atoms with Crippen molar-refractivity contribution in [2.24, 2.45) is 4.99 Å². The van der Waals surface area contributed by atoms with Gasteiger partial charge in [-0.05, 0) is 24.3 Å². The Kier molecular flexibility index (Phi) is 3.42. The average Bonchev–Trinajstić information content (AvgIpc) is 2.81. The fraction of sp³-hybridized carbons (Fsp3) is 0.125. The predicted molar refractivity (Wildman–Crippen MR) is 80.7 cm³/mol. The highest BCUT2D eigenvalue weighted by molar-refractivity contribution is 6.30. The maximum absolute atomic E-state index is 12.2. The molecule has 1 aliphatic rings. The standard InChI is InChI=1S/C16H12N2O4/c1-22-11-8-6-10(7-9-11)17-14-12-4-2-3-5-13(12)16(19)15(14)18(20)21/h2-9,15H,1H3/t15-/m0/s1. The highest BCUT2D eigenvalue weighted by Crippen LogP contribution is 2.28. The number of hydrogen-bond donors (Lipinski definition) is 0. The molecule has 0 aromatic heterocycles. The Morgan fingerprint density at radius 3 is 2.32 bits per heavy atom. The summed E-state index contributed by atoms with van der Waals surface area (Å²) < 4.78 is 5.06. The lowest BCUT2D eigenvalue weighted by molar-refractivity contribution is -0.485. The van der Waals surface area contributed by atoms with Crippen LogP contribution in [0.3, 0.4) is 0 Å². The monoisotopic (exact) mass is 296 g/mol. The van der Waals surface area contributed by atoms with Crippen LogP contribution < -0.4 is 4.74 Å².